The highest BCUT2D eigenvalue weighted by molar-refractivity contribution is 7.53. The maximum absolute atomic E-state index is 12.8. The molecule has 0 N–H and O–H groups in total. The molecule has 0 unspecified atom stereocenters. The molecular formula is C15H21N2O4P. The van der Waals surface area contributed by atoms with Gasteiger partial charge in [0.1, 0.15) is 6.16 Å². The highest BCUT2D eigenvalue weighted by Gasteiger charge is 2.31. The van der Waals surface area contributed by atoms with Gasteiger partial charge < -0.3 is 13.5 Å². The van der Waals surface area contributed by atoms with E-state index in [1.54, 1.807) is 27.7 Å². The fraction of sp³-hybridized carbons (Fsp3) is 0.467. The number of nitrogens with zero attached hydrogens (tertiary/aromatic N) is 2. The van der Waals surface area contributed by atoms with Crippen LogP contribution >= 0.6 is 7.60 Å². The molecule has 1 aromatic heterocycles. The number of aromatic nitrogens is 2. The average molecular weight is 324 g/mol. The Balaban J connectivity index is 2.17. The number of hydrogen-bond acceptors (Lipinski definition) is 6. The van der Waals surface area contributed by atoms with Crippen LogP contribution in [-0.4, -0.2) is 22.4 Å². The average Bonchev–Trinajstić information content (AvgIpc) is 2.85. The molecule has 0 atom stereocenters. The second-order valence-electron chi connectivity index (χ2n) is 5.44. The third-order valence-electron chi connectivity index (χ3n) is 2.56. The van der Waals surface area contributed by atoms with E-state index in [4.69, 9.17) is 13.5 Å². The Bertz CT molecular complexity index is 626. The standard InChI is InChI=1S/C15H21N2O4P/c1-11(2)20-22(18,21-12(3)4)10-14-16-17-15(19-14)13-8-6-5-7-9-13/h5-9,11-12H,10H2,1-4H3. The minimum Gasteiger partial charge on any atom is -0.420 e. The van der Waals surface area contributed by atoms with Crippen molar-refractivity contribution in [2.45, 2.75) is 46.1 Å². The summed E-state index contributed by atoms with van der Waals surface area (Å²) in [5.41, 5.74) is 0.811. The van der Waals surface area contributed by atoms with E-state index in [2.05, 4.69) is 10.2 Å². The Hall–Kier alpha value is -1.49. The zero-order valence-corrected chi connectivity index (χ0v) is 14.1. The van der Waals surface area contributed by atoms with Gasteiger partial charge in [-0.1, -0.05) is 18.2 Å². The topological polar surface area (TPSA) is 74.5 Å². The van der Waals surface area contributed by atoms with E-state index in [0.717, 1.165) is 5.56 Å². The van der Waals surface area contributed by atoms with Crippen molar-refractivity contribution >= 4 is 7.60 Å². The first-order chi connectivity index (χ1) is 10.4. The molecule has 2 aromatic rings. The van der Waals surface area contributed by atoms with Crippen LogP contribution in [0.25, 0.3) is 11.5 Å². The molecule has 2 rings (SSSR count). The molecule has 7 heteroatoms. The smallest absolute Gasteiger partial charge is 0.340 e. The Morgan fingerprint density at radius 3 is 2.18 bits per heavy atom. The van der Waals surface area contributed by atoms with Gasteiger partial charge in [0, 0.05) is 5.56 Å². The number of benzene rings is 1. The molecule has 0 saturated heterocycles. The molecule has 0 amide bonds. The van der Waals surface area contributed by atoms with Gasteiger partial charge in [-0.2, -0.15) is 0 Å². The van der Waals surface area contributed by atoms with Gasteiger partial charge >= 0.3 is 7.60 Å². The van der Waals surface area contributed by atoms with Gasteiger partial charge in [0.25, 0.3) is 0 Å². The molecule has 0 radical (unpaired) electrons. The molecule has 0 bridgehead atoms. The molecule has 6 nitrogen and oxygen atoms in total. The van der Waals surface area contributed by atoms with Crippen LogP contribution in [0.1, 0.15) is 33.6 Å². The fourth-order valence-corrected chi connectivity index (χ4v) is 3.87. The molecule has 0 saturated carbocycles. The monoisotopic (exact) mass is 324 g/mol. The highest BCUT2D eigenvalue weighted by atomic mass is 31.2. The lowest BCUT2D eigenvalue weighted by Gasteiger charge is -2.21. The molecule has 0 aliphatic heterocycles. The fourth-order valence-electron chi connectivity index (χ4n) is 1.92. The van der Waals surface area contributed by atoms with Gasteiger partial charge in [-0.3, -0.25) is 4.57 Å². The van der Waals surface area contributed by atoms with E-state index < -0.39 is 7.60 Å². The van der Waals surface area contributed by atoms with Crippen LogP contribution in [0.3, 0.4) is 0 Å². The van der Waals surface area contributed by atoms with Gasteiger partial charge in [0.15, 0.2) is 0 Å². The summed E-state index contributed by atoms with van der Waals surface area (Å²) in [5.74, 6) is 0.625. The van der Waals surface area contributed by atoms with Gasteiger partial charge in [-0.05, 0) is 39.8 Å². The van der Waals surface area contributed by atoms with Gasteiger partial charge in [-0.25, -0.2) is 0 Å². The third-order valence-corrected chi connectivity index (χ3v) is 4.70. The summed E-state index contributed by atoms with van der Waals surface area (Å²) in [7, 11) is -3.33. The summed E-state index contributed by atoms with van der Waals surface area (Å²) in [6.07, 6.45) is -0.481. The predicted molar refractivity (Wildman–Crippen MR) is 83.5 cm³/mol. The Morgan fingerprint density at radius 2 is 1.64 bits per heavy atom. The lowest BCUT2D eigenvalue weighted by atomic mass is 10.2. The SMILES string of the molecule is CC(C)OP(=O)(Cc1nnc(-c2ccccc2)o1)OC(C)C. The van der Waals surface area contributed by atoms with E-state index in [1.165, 1.54) is 0 Å². The van der Waals surface area contributed by atoms with Crippen LogP contribution in [0.15, 0.2) is 34.7 Å². The Labute approximate surface area is 130 Å². The second-order valence-corrected chi connectivity index (χ2v) is 7.40. The Morgan fingerprint density at radius 1 is 1.05 bits per heavy atom. The number of rotatable bonds is 7. The van der Waals surface area contributed by atoms with Crippen molar-refractivity contribution in [1.82, 2.24) is 10.2 Å². The summed E-state index contributed by atoms with van der Waals surface area (Å²) in [5, 5.41) is 7.92. The van der Waals surface area contributed by atoms with Crippen molar-refractivity contribution in [3.8, 4) is 11.5 Å². The quantitative estimate of drug-likeness (QED) is 0.708. The van der Waals surface area contributed by atoms with E-state index in [0.29, 0.717) is 5.89 Å². The van der Waals surface area contributed by atoms with Crippen LogP contribution in [0.5, 0.6) is 0 Å². The zero-order valence-electron chi connectivity index (χ0n) is 13.2. The summed E-state index contributed by atoms with van der Waals surface area (Å²) in [6.45, 7) is 7.22. The normalized spacial score (nSPS) is 12.3. The first-order valence-corrected chi connectivity index (χ1v) is 8.94. The lowest BCUT2D eigenvalue weighted by molar-refractivity contribution is 0.140. The molecule has 22 heavy (non-hydrogen) atoms. The maximum Gasteiger partial charge on any atom is 0.340 e. The van der Waals surface area contributed by atoms with Crippen molar-refractivity contribution in [2.24, 2.45) is 0 Å². The molecule has 0 aliphatic carbocycles. The van der Waals surface area contributed by atoms with Crippen LogP contribution in [-0.2, 0) is 19.8 Å². The maximum atomic E-state index is 12.8. The first kappa shape index (κ1) is 16.9. The van der Waals surface area contributed by atoms with Crippen LogP contribution in [0.2, 0.25) is 0 Å². The van der Waals surface area contributed by atoms with Crippen molar-refractivity contribution in [3.63, 3.8) is 0 Å². The Kier molecular flexibility index (Phi) is 5.51. The number of hydrogen-bond donors (Lipinski definition) is 0. The van der Waals surface area contributed by atoms with Gasteiger partial charge in [0.2, 0.25) is 11.8 Å². The lowest BCUT2D eigenvalue weighted by Crippen LogP contribution is -2.09. The van der Waals surface area contributed by atoms with E-state index in [1.807, 2.05) is 30.3 Å². The summed E-state index contributed by atoms with van der Waals surface area (Å²) in [6, 6.07) is 9.40. The second kappa shape index (κ2) is 7.18. The van der Waals surface area contributed by atoms with E-state index in [9.17, 15) is 4.57 Å². The molecule has 0 spiro atoms. The summed E-state index contributed by atoms with van der Waals surface area (Å²) >= 11 is 0. The van der Waals surface area contributed by atoms with E-state index in [-0.39, 0.29) is 24.3 Å². The molecule has 1 aromatic carbocycles. The summed E-state index contributed by atoms with van der Waals surface area (Å²) < 4.78 is 29.3. The highest BCUT2D eigenvalue weighted by Crippen LogP contribution is 2.53. The molecule has 120 valence electrons. The van der Waals surface area contributed by atoms with Gasteiger partial charge in [0.05, 0.1) is 12.2 Å². The minimum atomic E-state index is -3.33. The largest absolute Gasteiger partial charge is 0.420 e. The molecule has 0 fully saturated rings. The third kappa shape index (κ3) is 4.77. The van der Waals surface area contributed by atoms with Crippen LogP contribution < -0.4 is 0 Å². The van der Waals surface area contributed by atoms with Crippen LogP contribution in [0, 0.1) is 0 Å². The predicted octanol–water partition coefficient (Wildman–Crippen LogP) is 4.28. The van der Waals surface area contributed by atoms with Crippen LogP contribution in [0.4, 0.5) is 0 Å². The first-order valence-electron chi connectivity index (χ1n) is 7.21. The molecule has 1 heterocycles. The van der Waals surface area contributed by atoms with Crippen molar-refractivity contribution in [3.05, 3.63) is 36.2 Å². The van der Waals surface area contributed by atoms with E-state index >= 15 is 0 Å². The summed E-state index contributed by atoms with van der Waals surface area (Å²) in [4.78, 5) is 0. The van der Waals surface area contributed by atoms with Crippen molar-refractivity contribution < 1.29 is 18.0 Å². The van der Waals surface area contributed by atoms with Crippen molar-refractivity contribution in [1.29, 1.82) is 0 Å². The molecular weight excluding hydrogens is 303 g/mol. The molecule has 0 aliphatic rings. The van der Waals surface area contributed by atoms with Crippen molar-refractivity contribution in [2.75, 3.05) is 0 Å². The minimum absolute atomic E-state index is 0.0385. The van der Waals surface area contributed by atoms with Gasteiger partial charge in [-0.15, -0.1) is 10.2 Å². The zero-order chi connectivity index (χ0) is 16.2.